The van der Waals surface area contributed by atoms with Crippen molar-refractivity contribution >= 4 is 11.8 Å². The maximum Gasteiger partial charge on any atom is 0.248 e. The topological polar surface area (TPSA) is 73.7 Å². The maximum atomic E-state index is 12.9. The molecule has 1 aromatic rings. The van der Waals surface area contributed by atoms with Crippen LogP contribution in [0.5, 0.6) is 0 Å². The number of pyridine rings is 1. The minimum absolute atomic E-state index is 0.00791. The van der Waals surface area contributed by atoms with E-state index in [4.69, 9.17) is 5.11 Å². The molecule has 2 amide bonds. The van der Waals surface area contributed by atoms with Crippen molar-refractivity contribution in [3.05, 3.63) is 30.1 Å². The van der Waals surface area contributed by atoms with Gasteiger partial charge in [-0.2, -0.15) is 0 Å². The molecule has 2 aliphatic rings. The maximum absolute atomic E-state index is 12.9. The number of fused-ring (bicyclic) bond motifs is 2. The van der Waals surface area contributed by atoms with E-state index in [9.17, 15) is 9.59 Å². The van der Waals surface area contributed by atoms with Crippen LogP contribution < -0.4 is 0 Å². The van der Waals surface area contributed by atoms with Crippen LogP contribution in [0.1, 0.15) is 18.5 Å². The summed E-state index contributed by atoms with van der Waals surface area (Å²) in [6.45, 7) is 1.24. The zero-order valence-electron chi connectivity index (χ0n) is 13.4. The van der Waals surface area contributed by atoms with E-state index in [1.54, 1.807) is 16.0 Å². The Labute approximate surface area is 136 Å². The molecule has 1 aliphatic carbocycles. The van der Waals surface area contributed by atoms with Crippen molar-refractivity contribution < 1.29 is 14.7 Å². The molecule has 6 heteroatoms. The number of aliphatic hydroxyl groups is 1. The Hall–Kier alpha value is -1.95. The first-order valence-corrected chi connectivity index (χ1v) is 8.13. The molecule has 3 rings (SSSR count). The highest BCUT2D eigenvalue weighted by atomic mass is 16.3. The van der Waals surface area contributed by atoms with Crippen molar-refractivity contribution in [3.8, 4) is 0 Å². The molecule has 1 aromatic heterocycles. The number of rotatable bonds is 4. The number of piperidine rings is 1. The molecule has 1 saturated heterocycles. The molecule has 2 bridgehead atoms. The summed E-state index contributed by atoms with van der Waals surface area (Å²) in [4.78, 5) is 32.3. The monoisotopic (exact) mass is 317 g/mol. The molecule has 2 unspecified atom stereocenters. The van der Waals surface area contributed by atoms with Crippen molar-refractivity contribution in [1.82, 2.24) is 14.8 Å². The van der Waals surface area contributed by atoms with Crippen LogP contribution in [0.4, 0.5) is 0 Å². The summed E-state index contributed by atoms with van der Waals surface area (Å²) in [5.41, 5.74) is 0.878. The van der Waals surface area contributed by atoms with Crippen LogP contribution in [0.15, 0.2) is 24.4 Å². The second kappa shape index (κ2) is 6.66. The predicted octanol–water partition coefficient (Wildman–Crippen LogP) is 0.517. The molecule has 1 N–H and O–H groups in total. The molecule has 1 aliphatic heterocycles. The Bertz CT molecular complexity index is 564. The van der Waals surface area contributed by atoms with Crippen LogP contribution in [-0.4, -0.2) is 58.4 Å². The van der Waals surface area contributed by atoms with E-state index in [1.165, 1.54) is 0 Å². The summed E-state index contributed by atoms with van der Waals surface area (Å²) in [5.74, 6) is 0.339. The molecule has 6 nitrogen and oxygen atoms in total. The van der Waals surface area contributed by atoms with Gasteiger partial charge in [-0.15, -0.1) is 0 Å². The Morgan fingerprint density at radius 2 is 2.00 bits per heavy atom. The molecule has 124 valence electrons. The van der Waals surface area contributed by atoms with Crippen LogP contribution in [0.3, 0.4) is 0 Å². The lowest BCUT2D eigenvalue weighted by Crippen LogP contribution is -2.50. The molecular formula is C17H23N3O3. The Balaban J connectivity index is 1.65. The third kappa shape index (κ3) is 3.22. The Kier molecular flexibility index (Phi) is 4.61. The van der Waals surface area contributed by atoms with E-state index in [1.807, 2.05) is 25.2 Å². The first-order chi connectivity index (χ1) is 11.1. The zero-order chi connectivity index (χ0) is 16.4. The highest BCUT2D eigenvalue weighted by Crippen LogP contribution is 2.42. The number of carbonyl (C=O) groups excluding carboxylic acids is 2. The van der Waals surface area contributed by atoms with Gasteiger partial charge in [-0.3, -0.25) is 14.6 Å². The van der Waals surface area contributed by atoms with Crippen molar-refractivity contribution in [2.75, 3.05) is 26.7 Å². The van der Waals surface area contributed by atoms with E-state index in [2.05, 4.69) is 4.98 Å². The van der Waals surface area contributed by atoms with E-state index in [-0.39, 0.29) is 29.6 Å². The molecule has 0 radical (unpaired) electrons. The number of nitrogens with zero attached hydrogens (tertiary/aromatic N) is 3. The van der Waals surface area contributed by atoms with Crippen LogP contribution >= 0.6 is 0 Å². The summed E-state index contributed by atoms with van der Waals surface area (Å²) in [6.07, 6.45) is 3.69. The summed E-state index contributed by atoms with van der Waals surface area (Å²) < 4.78 is 0. The van der Waals surface area contributed by atoms with Gasteiger partial charge in [0, 0.05) is 32.3 Å². The third-order valence-electron chi connectivity index (χ3n) is 5.11. The molecule has 2 fully saturated rings. The number of aliphatic hydroxyl groups excluding tert-OH is 1. The minimum Gasteiger partial charge on any atom is -0.387 e. The molecule has 23 heavy (non-hydrogen) atoms. The quantitative estimate of drug-likeness (QED) is 0.878. The fraction of sp³-hybridized carbons (Fsp3) is 0.588. The van der Waals surface area contributed by atoms with Crippen LogP contribution in [0.2, 0.25) is 0 Å². The van der Waals surface area contributed by atoms with E-state index >= 15 is 0 Å². The van der Waals surface area contributed by atoms with Crippen LogP contribution in [0, 0.1) is 17.8 Å². The van der Waals surface area contributed by atoms with Crippen LogP contribution in [-0.2, 0) is 16.1 Å². The van der Waals surface area contributed by atoms with Crippen LogP contribution in [0.25, 0.3) is 0 Å². The van der Waals surface area contributed by atoms with Gasteiger partial charge >= 0.3 is 0 Å². The minimum atomic E-state index is -0.447. The van der Waals surface area contributed by atoms with Gasteiger partial charge in [0.05, 0.1) is 12.2 Å². The largest absolute Gasteiger partial charge is 0.387 e. The highest BCUT2D eigenvalue weighted by molar-refractivity contribution is 5.81. The first kappa shape index (κ1) is 15.9. The SMILES string of the molecule is CN(Cc1ccccn1)C(=O)C1C2CCC1CN(C(=O)CO)C2. The predicted molar refractivity (Wildman–Crippen MR) is 84.1 cm³/mol. The fourth-order valence-electron chi connectivity index (χ4n) is 4.00. The van der Waals surface area contributed by atoms with Gasteiger partial charge in [0.25, 0.3) is 0 Å². The molecule has 0 aromatic carbocycles. The lowest BCUT2D eigenvalue weighted by molar-refractivity contribution is -0.145. The van der Waals surface area contributed by atoms with Gasteiger partial charge in [-0.05, 0) is 36.8 Å². The molecular weight excluding hydrogens is 294 g/mol. The summed E-state index contributed by atoms with van der Waals surface area (Å²) >= 11 is 0. The molecule has 1 saturated carbocycles. The highest BCUT2D eigenvalue weighted by Gasteiger charge is 2.47. The van der Waals surface area contributed by atoms with Crippen molar-refractivity contribution in [2.45, 2.75) is 19.4 Å². The summed E-state index contributed by atoms with van der Waals surface area (Å²) in [5, 5.41) is 9.03. The summed E-state index contributed by atoms with van der Waals surface area (Å²) in [7, 11) is 1.82. The van der Waals surface area contributed by atoms with Crippen molar-refractivity contribution in [1.29, 1.82) is 0 Å². The Morgan fingerprint density at radius 3 is 2.57 bits per heavy atom. The van der Waals surface area contributed by atoms with Gasteiger partial charge in [0.1, 0.15) is 6.61 Å². The zero-order valence-corrected chi connectivity index (χ0v) is 13.4. The van der Waals surface area contributed by atoms with E-state index in [0.29, 0.717) is 19.6 Å². The molecule has 2 heterocycles. The molecule has 2 atom stereocenters. The summed E-state index contributed by atoms with van der Waals surface area (Å²) in [6, 6.07) is 5.70. The third-order valence-corrected chi connectivity index (χ3v) is 5.11. The number of amides is 2. The Morgan fingerprint density at radius 1 is 1.30 bits per heavy atom. The van der Waals surface area contributed by atoms with E-state index < -0.39 is 6.61 Å². The smallest absolute Gasteiger partial charge is 0.248 e. The average molecular weight is 317 g/mol. The van der Waals surface area contributed by atoms with Gasteiger partial charge in [0.15, 0.2) is 0 Å². The second-order valence-corrected chi connectivity index (χ2v) is 6.60. The van der Waals surface area contributed by atoms with E-state index in [0.717, 1.165) is 18.5 Å². The van der Waals surface area contributed by atoms with Crippen molar-refractivity contribution in [3.63, 3.8) is 0 Å². The standard InChI is InChI=1S/C17H23N3O3/c1-19(10-14-4-2-3-7-18-14)17(23)16-12-5-6-13(16)9-20(8-12)15(22)11-21/h2-4,7,12-13,16,21H,5-6,8-11H2,1H3. The van der Waals surface area contributed by atoms with Gasteiger partial charge in [-0.25, -0.2) is 0 Å². The van der Waals surface area contributed by atoms with Crippen molar-refractivity contribution in [2.24, 2.45) is 17.8 Å². The lowest BCUT2D eigenvalue weighted by atomic mass is 9.84. The first-order valence-electron chi connectivity index (χ1n) is 8.13. The van der Waals surface area contributed by atoms with Gasteiger partial charge in [-0.1, -0.05) is 6.07 Å². The number of aromatic nitrogens is 1. The second-order valence-electron chi connectivity index (χ2n) is 6.60. The number of carbonyl (C=O) groups is 2. The lowest BCUT2D eigenvalue weighted by Gasteiger charge is -2.38. The van der Waals surface area contributed by atoms with Gasteiger partial charge < -0.3 is 14.9 Å². The fourth-order valence-corrected chi connectivity index (χ4v) is 4.00. The number of hydrogen-bond acceptors (Lipinski definition) is 4. The number of hydrogen-bond donors (Lipinski definition) is 1. The number of likely N-dealkylation sites (tertiary alicyclic amines) is 1. The normalized spacial score (nSPS) is 26.2. The molecule has 0 spiro atoms. The van der Waals surface area contributed by atoms with Gasteiger partial charge in [0.2, 0.25) is 11.8 Å². The average Bonchev–Trinajstić information content (AvgIpc) is 2.83.